The standard InChI is InChI=1S/C17H18F2N2S/c1-10-4-5-11(2)14(8-10)12(3)20-17(22)21-13-6-7-15(18)16(19)9-13/h4-9,12H,1-3H3,(H2,20,21,22)/t12-/m1/s1. The van der Waals surface area contributed by atoms with Crippen LogP contribution in [0.25, 0.3) is 0 Å². The second-order valence-electron chi connectivity index (χ2n) is 5.31. The maximum absolute atomic E-state index is 13.2. The lowest BCUT2D eigenvalue weighted by Crippen LogP contribution is -2.31. The minimum atomic E-state index is -0.907. The number of nitrogens with one attached hydrogen (secondary N) is 2. The molecular weight excluding hydrogens is 302 g/mol. The van der Waals surface area contributed by atoms with Crippen molar-refractivity contribution >= 4 is 23.0 Å². The van der Waals surface area contributed by atoms with Crippen LogP contribution in [0.15, 0.2) is 36.4 Å². The van der Waals surface area contributed by atoms with Crippen molar-refractivity contribution in [2.45, 2.75) is 26.8 Å². The van der Waals surface area contributed by atoms with Gasteiger partial charge < -0.3 is 10.6 Å². The Bertz CT molecular complexity index is 701. The lowest BCUT2D eigenvalue weighted by molar-refractivity contribution is 0.509. The average molecular weight is 320 g/mol. The van der Waals surface area contributed by atoms with Gasteiger partial charge in [0.25, 0.3) is 0 Å². The van der Waals surface area contributed by atoms with E-state index < -0.39 is 11.6 Å². The molecule has 0 unspecified atom stereocenters. The maximum Gasteiger partial charge on any atom is 0.171 e. The van der Waals surface area contributed by atoms with E-state index in [1.54, 1.807) is 0 Å². The molecule has 0 spiro atoms. The van der Waals surface area contributed by atoms with E-state index in [1.165, 1.54) is 17.2 Å². The zero-order valence-electron chi connectivity index (χ0n) is 12.7. The van der Waals surface area contributed by atoms with Gasteiger partial charge in [0, 0.05) is 11.8 Å². The highest BCUT2D eigenvalue weighted by molar-refractivity contribution is 7.80. The first-order valence-electron chi connectivity index (χ1n) is 6.96. The first kappa shape index (κ1) is 16.4. The Morgan fingerprint density at radius 2 is 1.77 bits per heavy atom. The summed E-state index contributed by atoms with van der Waals surface area (Å²) in [4.78, 5) is 0. The lowest BCUT2D eigenvalue weighted by Gasteiger charge is -2.19. The molecule has 2 N–H and O–H groups in total. The summed E-state index contributed by atoms with van der Waals surface area (Å²) in [7, 11) is 0. The van der Waals surface area contributed by atoms with Gasteiger partial charge in [0.1, 0.15) is 0 Å². The smallest absolute Gasteiger partial charge is 0.171 e. The van der Waals surface area contributed by atoms with Crippen molar-refractivity contribution in [2.75, 3.05) is 5.32 Å². The topological polar surface area (TPSA) is 24.1 Å². The van der Waals surface area contributed by atoms with Gasteiger partial charge in [-0.15, -0.1) is 0 Å². The summed E-state index contributed by atoms with van der Waals surface area (Å²) in [6.45, 7) is 6.08. The van der Waals surface area contributed by atoms with Gasteiger partial charge in [0.05, 0.1) is 6.04 Å². The molecule has 0 saturated carbocycles. The first-order valence-corrected chi connectivity index (χ1v) is 7.37. The van der Waals surface area contributed by atoms with Crippen LogP contribution in [0.2, 0.25) is 0 Å². The maximum atomic E-state index is 13.2. The van der Waals surface area contributed by atoms with Crippen molar-refractivity contribution in [1.29, 1.82) is 0 Å². The number of halogens is 2. The fourth-order valence-corrected chi connectivity index (χ4v) is 2.54. The summed E-state index contributed by atoms with van der Waals surface area (Å²) in [6.07, 6.45) is 0. The van der Waals surface area contributed by atoms with Crippen LogP contribution in [-0.4, -0.2) is 5.11 Å². The third-order valence-electron chi connectivity index (χ3n) is 3.43. The number of aryl methyl sites for hydroxylation is 2. The fraction of sp³-hybridized carbons (Fsp3) is 0.235. The largest absolute Gasteiger partial charge is 0.356 e. The molecule has 0 aliphatic heterocycles. The molecule has 2 aromatic rings. The van der Waals surface area contributed by atoms with E-state index in [4.69, 9.17) is 12.2 Å². The predicted molar refractivity (Wildman–Crippen MR) is 90.0 cm³/mol. The molecule has 0 aliphatic rings. The SMILES string of the molecule is Cc1ccc(C)c([C@@H](C)NC(=S)Nc2ccc(F)c(F)c2)c1. The van der Waals surface area contributed by atoms with Gasteiger partial charge in [0.2, 0.25) is 0 Å². The summed E-state index contributed by atoms with van der Waals surface area (Å²) in [5.74, 6) is -1.79. The van der Waals surface area contributed by atoms with E-state index in [-0.39, 0.29) is 6.04 Å². The molecule has 1 atom stereocenters. The second kappa shape index (κ2) is 6.83. The molecule has 0 heterocycles. The van der Waals surface area contributed by atoms with Gasteiger partial charge >= 0.3 is 0 Å². The van der Waals surface area contributed by atoms with Crippen LogP contribution in [0.5, 0.6) is 0 Å². The van der Waals surface area contributed by atoms with E-state index >= 15 is 0 Å². The van der Waals surface area contributed by atoms with Gasteiger partial charge in [-0.05, 0) is 56.2 Å². The predicted octanol–water partition coefficient (Wildman–Crippen LogP) is 4.63. The minimum absolute atomic E-state index is 0.00481. The van der Waals surface area contributed by atoms with Gasteiger partial charge in [0.15, 0.2) is 16.7 Å². The second-order valence-corrected chi connectivity index (χ2v) is 5.72. The van der Waals surface area contributed by atoms with Gasteiger partial charge in [-0.1, -0.05) is 23.8 Å². The van der Waals surface area contributed by atoms with Crippen molar-refractivity contribution in [1.82, 2.24) is 5.32 Å². The highest BCUT2D eigenvalue weighted by atomic mass is 32.1. The Morgan fingerprint density at radius 3 is 2.45 bits per heavy atom. The molecule has 116 valence electrons. The number of hydrogen-bond acceptors (Lipinski definition) is 1. The molecule has 0 radical (unpaired) electrons. The summed E-state index contributed by atoms with van der Waals surface area (Å²) in [5.41, 5.74) is 3.90. The van der Waals surface area contributed by atoms with E-state index in [2.05, 4.69) is 28.8 Å². The number of anilines is 1. The monoisotopic (exact) mass is 320 g/mol. The van der Waals surface area contributed by atoms with E-state index in [1.807, 2.05) is 20.8 Å². The summed E-state index contributed by atoms with van der Waals surface area (Å²) >= 11 is 5.23. The molecular formula is C17H18F2N2S. The van der Waals surface area contributed by atoms with Gasteiger partial charge in [-0.25, -0.2) is 8.78 Å². The summed E-state index contributed by atoms with van der Waals surface area (Å²) in [6, 6.07) is 9.81. The molecule has 0 aromatic heterocycles. The Morgan fingerprint density at radius 1 is 1.05 bits per heavy atom. The molecule has 5 heteroatoms. The van der Waals surface area contributed by atoms with Crippen molar-refractivity contribution in [3.8, 4) is 0 Å². The lowest BCUT2D eigenvalue weighted by atomic mass is 10.0. The molecule has 0 saturated heterocycles. The number of benzene rings is 2. The number of rotatable bonds is 3. The molecule has 0 bridgehead atoms. The zero-order valence-corrected chi connectivity index (χ0v) is 13.5. The first-order chi connectivity index (χ1) is 10.4. The highest BCUT2D eigenvalue weighted by Crippen LogP contribution is 2.19. The van der Waals surface area contributed by atoms with Crippen LogP contribution in [0.4, 0.5) is 14.5 Å². The minimum Gasteiger partial charge on any atom is -0.356 e. The third kappa shape index (κ3) is 4.01. The van der Waals surface area contributed by atoms with Crippen molar-refractivity contribution in [3.05, 3.63) is 64.7 Å². The van der Waals surface area contributed by atoms with Crippen molar-refractivity contribution in [3.63, 3.8) is 0 Å². The summed E-state index contributed by atoms with van der Waals surface area (Å²) < 4.78 is 26.1. The molecule has 2 nitrogen and oxygen atoms in total. The summed E-state index contributed by atoms with van der Waals surface area (Å²) in [5, 5.41) is 6.37. The Hall–Kier alpha value is -2.01. The van der Waals surface area contributed by atoms with Crippen LogP contribution in [0.3, 0.4) is 0 Å². The quantitative estimate of drug-likeness (QED) is 0.806. The molecule has 0 amide bonds. The number of hydrogen-bond donors (Lipinski definition) is 2. The highest BCUT2D eigenvalue weighted by Gasteiger charge is 2.11. The number of thiocarbonyl (C=S) groups is 1. The Labute approximate surface area is 134 Å². The van der Waals surface area contributed by atoms with E-state index in [0.29, 0.717) is 10.8 Å². The van der Waals surface area contributed by atoms with Gasteiger partial charge in [-0.3, -0.25) is 0 Å². The van der Waals surface area contributed by atoms with E-state index in [0.717, 1.165) is 17.7 Å². The third-order valence-corrected chi connectivity index (χ3v) is 3.65. The average Bonchev–Trinajstić information content (AvgIpc) is 2.45. The van der Waals surface area contributed by atoms with Crippen molar-refractivity contribution in [2.24, 2.45) is 0 Å². The van der Waals surface area contributed by atoms with Crippen LogP contribution < -0.4 is 10.6 Å². The molecule has 2 aromatic carbocycles. The zero-order chi connectivity index (χ0) is 16.3. The van der Waals surface area contributed by atoms with Crippen LogP contribution in [-0.2, 0) is 0 Å². The van der Waals surface area contributed by atoms with Crippen molar-refractivity contribution < 1.29 is 8.78 Å². The van der Waals surface area contributed by atoms with E-state index in [9.17, 15) is 8.78 Å². The Kier molecular flexibility index (Phi) is 5.08. The molecule has 22 heavy (non-hydrogen) atoms. The van der Waals surface area contributed by atoms with Crippen LogP contribution >= 0.6 is 12.2 Å². The van der Waals surface area contributed by atoms with Gasteiger partial charge in [-0.2, -0.15) is 0 Å². The molecule has 2 rings (SSSR count). The fourth-order valence-electron chi connectivity index (χ4n) is 2.24. The Balaban J connectivity index is 2.05. The molecule has 0 aliphatic carbocycles. The molecule has 0 fully saturated rings. The normalized spacial score (nSPS) is 11.9. The van der Waals surface area contributed by atoms with Crippen LogP contribution in [0.1, 0.15) is 29.7 Å². The van der Waals surface area contributed by atoms with Crippen LogP contribution in [0, 0.1) is 25.5 Å².